The van der Waals surface area contributed by atoms with E-state index in [0.717, 1.165) is 55.8 Å². The van der Waals surface area contributed by atoms with Gasteiger partial charge in [0.25, 0.3) is 5.91 Å². The molecule has 180 valence electrons. The van der Waals surface area contributed by atoms with E-state index >= 15 is 0 Å². The molecule has 8 heteroatoms. The van der Waals surface area contributed by atoms with Crippen LogP contribution in [0.25, 0.3) is 0 Å². The summed E-state index contributed by atoms with van der Waals surface area (Å²) >= 11 is 0. The summed E-state index contributed by atoms with van der Waals surface area (Å²) in [6.07, 6.45) is 7.69. The highest BCUT2D eigenvalue weighted by molar-refractivity contribution is 5.93. The summed E-state index contributed by atoms with van der Waals surface area (Å²) in [5, 5.41) is 3.04. The molecule has 34 heavy (non-hydrogen) atoms. The molecule has 8 nitrogen and oxygen atoms in total. The van der Waals surface area contributed by atoms with E-state index in [1.165, 1.54) is 0 Å². The van der Waals surface area contributed by atoms with Crippen molar-refractivity contribution in [1.82, 2.24) is 9.88 Å². The Labute approximate surface area is 200 Å². The summed E-state index contributed by atoms with van der Waals surface area (Å²) in [7, 11) is 0. The van der Waals surface area contributed by atoms with Gasteiger partial charge in [0.1, 0.15) is 18.0 Å². The Morgan fingerprint density at radius 2 is 1.85 bits per heavy atom. The smallest absolute Gasteiger partial charge is 0.251 e. The number of aromatic nitrogens is 1. The zero-order valence-corrected chi connectivity index (χ0v) is 19.4. The molecule has 4 heterocycles. The fraction of sp³-hybridized carbons (Fsp3) is 0.500. The van der Waals surface area contributed by atoms with Gasteiger partial charge < -0.3 is 24.6 Å². The number of amides is 2. The molecule has 1 N–H and O–H groups in total. The first-order valence-electron chi connectivity index (χ1n) is 12.3. The summed E-state index contributed by atoms with van der Waals surface area (Å²) in [6, 6.07) is 11.5. The number of nitrogens with one attached hydrogen (secondary N) is 1. The van der Waals surface area contributed by atoms with Crippen molar-refractivity contribution < 1.29 is 19.1 Å². The van der Waals surface area contributed by atoms with Crippen LogP contribution in [-0.4, -0.2) is 66.7 Å². The van der Waals surface area contributed by atoms with Crippen molar-refractivity contribution in [3.63, 3.8) is 0 Å². The van der Waals surface area contributed by atoms with Crippen LogP contribution in [0.1, 0.15) is 32.1 Å². The van der Waals surface area contributed by atoms with E-state index in [9.17, 15) is 9.59 Å². The van der Waals surface area contributed by atoms with E-state index in [0.29, 0.717) is 26.2 Å². The molecule has 2 amide bonds. The predicted molar refractivity (Wildman–Crippen MR) is 129 cm³/mol. The highest BCUT2D eigenvalue weighted by atomic mass is 16.5. The molecular formula is C26H32N4O4. The van der Waals surface area contributed by atoms with Gasteiger partial charge in [0.05, 0.1) is 17.8 Å². The van der Waals surface area contributed by atoms with Gasteiger partial charge in [0.2, 0.25) is 5.91 Å². The Kier molecular flexibility index (Phi) is 6.94. The molecule has 3 saturated heterocycles. The molecule has 1 aromatic carbocycles. The molecule has 0 radical (unpaired) electrons. The second kappa shape index (κ2) is 10.4. The van der Waals surface area contributed by atoms with Gasteiger partial charge in [-0.3, -0.25) is 14.6 Å². The van der Waals surface area contributed by atoms with Crippen molar-refractivity contribution in [2.75, 3.05) is 43.0 Å². The second-order valence-corrected chi connectivity index (χ2v) is 9.30. The van der Waals surface area contributed by atoms with Crippen molar-refractivity contribution in [3.8, 4) is 5.75 Å². The van der Waals surface area contributed by atoms with Crippen molar-refractivity contribution in [1.29, 1.82) is 0 Å². The Hall–Kier alpha value is -3.13. The normalized spacial score (nSPS) is 23.2. The second-order valence-electron chi connectivity index (χ2n) is 9.30. The molecule has 5 rings (SSSR count). The number of hydrogen-bond acceptors (Lipinski definition) is 6. The number of pyridine rings is 1. The number of rotatable bonds is 6. The van der Waals surface area contributed by atoms with E-state index in [1.807, 2.05) is 47.5 Å². The molecular weight excluding hydrogens is 432 g/mol. The predicted octanol–water partition coefficient (Wildman–Crippen LogP) is 3.10. The summed E-state index contributed by atoms with van der Waals surface area (Å²) in [5.74, 6) is 0.911. The number of carbonyl (C=O) groups is 2. The van der Waals surface area contributed by atoms with Gasteiger partial charge in [-0.05, 0) is 55.7 Å². The third-order valence-electron chi connectivity index (χ3n) is 6.95. The van der Waals surface area contributed by atoms with E-state index in [4.69, 9.17) is 9.47 Å². The Morgan fingerprint density at radius 3 is 2.56 bits per heavy atom. The first kappa shape index (κ1) is 22.7. The van der Waals surface area contributed by atoms with Crippen molar-refractivity contribution in [2.24, 2.45) is 5.92 Å². The van der Waals surface area contributed by atoms with Crippen LogP contribution in [0.5, 0.6) is 5.75 Å². The molecule has 2 aromatic rings. The van der Waals surface area contributed by atoms with Gasteiger partial charge in [-0.25, -0.2) is 0 Å². The minimum atomic E-state index is -0.247. The highest BCUT2D eigenvalue weighted by Crippen LogP contribution is 2.26. The van der Waals surface area contributed by atoms with Crippen LogP contribution in [0.2, 0.25) is 0 Å². The lowest BCUT2D eigenvalue weighted by atomic mass is 10.1. The summed E-state index contributed by atoms with van der Waals surface area (Å²) in [6.45, 7) is 3.66. The van der Waals surface area contributed by atoms with Gasteiger partial charge in [0.15, 0.2) is 0 Å². The van der Waals surface area contributed by atoms with E-state index in [-0.39, 0.29) is 29.9 Å². The maximum atomic E-state index is 12.7. The van der Waals surface area contributed by atoms with Gasteiger partial charge in [-0.2, -0.15) is 0 Å². The van der Waals surface area contributed by atoms with Crippen LogP contribution in [0.4, 0.5) is 11.4 Å². The van der Waals surface area contributed by atoms with Crippen molar-refractivity contribution >= 4 is 23.2 Å². The van der Waals surface area contributed by atoms with Crippen LogP contribution in [0.3, 0.4) is 0 Å². The number of benzene rings is 1. The fourth-order valence-electron chi connectivity index (χ4n) is 4.97. The molecule has 0 saturated carbocycles. The Bertz CT molecular complexity index is 970. The van der Waals surface area contributed by atoms with Crippen LogP contribution >= 0.6 is 0 Å². The number of hydrogen-bond donors (Lipinski definition) is 1. The number of likely N-dealkylation sites (tertiary alicyclic amines) is 1. The van der Waals surface area contributed by atoms with Gasteiger partial charge >= 0.3 is 0 Å². The molecule has 0 bridgehead atoms. The Balaban J connectivity index is 1.07. The molecule has 2 atom stereocenters. The van der Waals surface area contributed by atoms with Gasteiger partial charge in [0, 0.05) is 57.5 Å². The van der Waals surface area contributed by atoms with E-state index in [1.54, 1.807) is 6.20 Å². The number of ether oxygens (including phenoxy) is 2. The molecule has 1 aromatic heterocycles. The third kappa shape index (κ3) is 5.33. The minimum absolute atomic E-state index is 0.0429. The molecule has 0 spiro atoms. The summed E-state index contributed by atoms with van der Waals surface area (Å²) in [5.41, 5.74) is 1.83. The monoisotopic (exact) mass is 464 g/mol. The SMILES string of the molecule is O=C(Nc1ccc(OC2CCN(C(=O)[C@H]3CCCO3)CC2)cc1)[C@H]1CCN(c2cccnc2)C1. The van der Waals surface area contributed by atoms with E-state index in [2.05, 4.69) is 15.2 Å². The van der Waals surface area contributed by atoms with Crippen LogP contribution in [0.15, 0.2) is 48.8 Å². The average molecular weight is 465 g/mol. The molecule has 3 aliphatic heterocycles. The van der Waals surface area contributed by atoms with Crippen LogP contribution < -0.4 is 15.0 Å². The number of piperidine rings is 1. The molecule has 0 aliphatic carbocycles. The Morgan fingerprint density at radius 1 is 1.03 bits per heavy atom. The lowest BCUT2D eigenvalue weighted by molar-refractivity contribution is -0.142. The summed E-state index contributed by atoms with van der Waals surface area (Å²) in [4.78, 5) is 33.5. The van der Waals surface area contributed by atoms with E-state index < -0.39 is 0 Å². The standard InChI is InChI=1S/C26H32N4O4/c31-25(19-9-13-30(18-19)21-3-1-12-27-17-21)28-20-5-7-22(8-6-20)34-23-10-14-29(15-11-23)26(32)24-4-2-16-33-24/h1,3,5-8,12,17,19,23-24H,2,4,9-11,13-16,18H2,(H,28,31)/t19-,24+/m0/s1. The molecule has 0 unspecified atom stereocenters. The van der Waals surface area contributed by atoms with Gasteiger partial charge in [-0.15, -0.1) is 0 Å². The number of carbonyl (C=O) groups excluding carboxylic acids is 2. The zero-order chi connectivity index (χ0) is 23.3. The molecule has 3 aliphatic rings. The first-order chi connectivity index (χ1) is 16.7. The lowest BCUT2D eigenvalue weighted by Gasteiger charge is -2.33. The highest BCUT2D eigenvalue weighted by Gasteiger charge is 2.31. The summed E-state index contributed by atoms with van der Waals surface area (Å²) < 4.78 is 11.7. The lowest BCUT2D eigenvalue weighted by Crippen LogP contribution is -2.45. The maximum Gasteiger partial charge on any atom is 0.251 e. The third-order valence-corrected chi connectivity index (χ3v) is 6.95. The number of nitrogens with zero attached hydrogens (tertiary/aromatic N) is 3. The van der Waals surface area contributed by atoms with Crippen molar-refractivity contribution in [2.45, 2.75) is 44.3 Å². The van der Waals surface area contributed by atoms with Crippen molar-refractivity contribution in [3.05, 3.63) is 48.8 Å². The maximum absolute atomic E-state index is 12.7. The van der Waals surface area contributed by atoms with Crippen LogP contribution in [0, 0.1) is 5.92 Å². The topological polar surface area (TPSA) is 84.0 Å². The zero-order valence-electron chi connectivity index (χ0n) is 19.4. The first-order valence-corrected chi connectivity index (χ1v) is 12.3. The fourth-order valence-corrected chi connectivity index (χ4v) is 4.97. The molecule has 3 fully saturated rings. The quantitative estimate of drug-likeness (QED) is 0.707. The minimum Gasteiger partial charge on any atom is -0.490 e. The number of anilines is 2. The average Bonchev–Trinajstić information content (AvgIpc) is 3.59. The van der Waals surface area contributed by atoms with Crippen LogP contribution in [-0.2, 0) is 14.3 Å². The largest absolute Gasteiger partial charge is 0.490 e. The van der Waals surface area contributed by atoms with Gasteiger partial charge in [-0.1, -0.05) is 0 Å².